The first-order chi connectivity index (χ1) is 9.52. The molecule has 1 aromatic heterocycles. The molecule has 0 fully saturated rings. The zero-order chi connectivity index (χ0) is 14.5. The van der Waals surface area contributed by atoms with Crippen LogP contribution in [0.15, 0.2) is 29.6 Å². The Kier molecular flexibility index (Phi) is 4.81. The van der Waals surface area contributed by atoms with Crippen LogP contribution in [0.5, 0.6) is 0 Å². The summed E-state index contributed by atoms with van der Waals surface area (Å²) in [6.45, 7) is 0.760. The number of carbonyl (C=O) groups is 1. The van der Waals surface area contributed by atoms with Crippen LogP contribution in [0.2, 0.25) is 0 Å². The van der Waals surface area contributed by atoms with Crippen LogP contribution in [0.4, 0.5) is 10.1 Å². The number of thiazole rings is 1. The van der Waals surface area contributed by atoms with Crippen molar-refractivity contribution in [3.05, 3.63) is 46.2 Å². The highest BCUT2D eigenvalue weighted by Gasteiger charge is 2.09. The molecule has 0 saturated heterocycles. The van der Waals surface area contributed by atoms with Crippen molar-refractivity contribution in [2.24, 2.45) is 0 Å². The first-order valence-corrected chi connectivity index (χ1v) is 7.04. The molecule has 106 valence electrons. The summed E-state index contributed by atoms with van der Waals surface area (Å²) in [5.74, 6) is -0.568. The summed E-state index contributed by atoms with van der Waals surface area (Å²) in [6, 6.07) is 5.84. The molecule has 0 aliphatic rings. The third-order valence-corrected chi connectivity index (χ3v) is 3.38. The summed E-state index contributed by atoms with van der Waals surface area (Å²) in [5, 5.41) is 5.51. The van der Waals surface area contributed by atoms with Crippen molar-refractivity contribution in [1.82, 2.24) is 9.88 Å². The van der Waals surface area contributed by atoms with E-state index in [1.54, 1.807) is 12.1 Å². The lowest BCUT2D eigenvalue weighted by Crippen LogP contribution is -2.15. The number of nitrogens with one attached hydrogen (secondary N) is 1. The van der Waals surface area contributed by atoms with Crippen molar-refractivity contribution >= 4 is 22.9 Å². The van der Waals surface area contributed by atoms with Gasteiger partial charge in [0.25, 0.3) is 0 Å². The normalized spacial score (nSPS) is 10.8. The van der Waals surface area contributed by atoms with Crippen molar-refractivity contribution in [2.75, 3.05) is 19.4 Å². The van der Waals surface area contributed by atoms with E-state index in [2.05, 4.69) is 10.3 Å². The van der Waals surface area contributed by atoms with Crippen LogP contribution < -0.4 is 5.32 Å². The van der Waals surface area contributed by atoms with Gasteiger partial charge in [-0.2, -0.15) is 0 Å². The minimum atomic E-state index is -0.371. The Morgan fingerprint density at radius 3 is 2.95 bits per heavy atom. The third kappa shape index (κ3) is 4.40. The number of amides is 1. The van der Waals surface area contributed by atoms with E-state index in [0.29, 0.717) is 5.69 Å². The molecule has 0 unspecified atom stereocenters. The predicted molar refractivity (Wildman–Crippen MR) is 78.2 cm³/mol. The van der Waals surface area contributed by atoms with Gasteiger partial charge >= 0.3 is 0 Å². The molecule has 0 spiro atoms. The van der Waals surface area contributed by atoms with Crippen molar-refractivity contribution in [2.45, 2.75) is 13.0 Å². The van der Waals surface area contributed by atoms with E-state index in [0.717, 1.165) is 17.2 Å². The summed E-state index contributed by atoms with van der Waals surface area (Å²) in [5.41, 5.74) is 1.19. The average Bonchev–Trinajstić information content (AvgIpc) is 2.75. The highest BCUT2D eigenvalue weighted by Crippen LogP contribution is 2.13. The summed E-state index contributed by atoms with van der Waals surface area (Å²) >= 11 is 1.54. The molecule has 0 atom stereocenters. The summed E-state index contributed by atoms with van der Waals surface area (Å²) in [7, 11) is 3.94. The number of benzene rings is 1. The Labute approximate surface area is 121 Å². The molecule has 20 heavy (non-hydrogen) atoms. The van der Waals surface area contributed by atoms with Crippen molar-refractivity contribution < 1.29 is 9.18 Å². The van der Waals surface area contributed by atoms with Gasteiger partial charge in [0.15, 0.2) is 0 Å². The molecular formula is C14H16FN3OS. The highest BCUT2D eigenvalue weighted by atomic mass is 32.1. The Balaban J connectivity index is 1.93. The lowest BCUT2D eigenvalue weighted by Gasteiger charge is -2.05. The minimum absolute atomic E-state index is 0.195. The number of carbonyl (C=O) groups excluding carboxylic acids is 1. The van der Waals surface area contributed by atoms with E-state index >= 15 is 0 Å². The van der Waals surface area contributed by atoms with Crippen molar-refractivity contribution in [3.63, 3.8) is 0 Å². The molecule has 0 saturated carbocycles. The molecule has 1 amide bonds. The molecule has 2 aromatic rings. The standard InChI is InChI=1S/C14H16FN3OS/c1-18(2)8-14-17-12(9-20-14)7-13(19)16-11-5-3-4-10(15)6-11/h3-6,9H,7-8H2,1-2H3,(H,16,19). The molecular weight excluding hydrogens is 277 g/mol. The van der Waals surface area contributed by atoms with E-state index in [1.807, 2.05) is 24.4 Å². The maximum Gasteiger partial charge on any atom is 0.230 e. The third-order valence-electron chi connectivity index (χ3n) is 2.50. The van der Waals surface area contributed by atoms with Crippen LogP contribution in [-0.4, -0.2) is 29.9 Å². The Morgan fingerprint density at radius 1 is 1.45 bits per heavy atom. The second-order valence-corrected chi connectivity index (χ2v) is 5.65. The number of hydrogen-bond donors (Lipinski definition) is 1. The first-order valence-electron chi connectivity index (χ1n) is 6.16. The van der Waals surface area contributed by atoms with Gasteiger partial charge in [-0.1, -0.05) is 6.07 Å². The predicted octanol–water partition coefficient (Wildman–Crippen LogP) is 2.53. The van der Waals surface area contributed by atoms with Crippen molar-refractivity contribution in [1.29, 1.82) is 0 Å². The maximum absolute atomic E-state index is 13.0. The average molecular weight is 293 g/mol. The number of rotatable bonds is 5. The van der Waals surface area contributed by atoms with E-state index in [1.165, 1.54) is 23.5 Å². The van der Waals surface area contributed by atoms with Gasteiger partial charge in [-0.05, 0) is 32.3 Å². The Hall–Kier alpha value is -1.79. The van der Waals surface area contributed by atoms with Crippen LogP contribution in [0.1, 0.15) is 10.7 Å². The lowest BCUT2D eigenvalue weighted by atomic mass is 10.3. The molecule has 6 heteroatoms. The number of hydrogen-bond acceptors (Lipinski definition) is 4. The number of aromatic nitrogens is 1. The van der Waals surface area contributed by atoms with E-state index in [9.17, 15) is 9.18 Å². The van der Waals surface area contributed by atoms with Crippen LogP contribution in [0, 0.1) is 5.82 Å². The summed E-state index contributed by atoms with van der Waals surface area (Å²) in [6.07, 6.45) is 0.195. The SMILES string of the molecule is CN(C)Cc1nc(CC(=O)Nc2cccc(F)c2)cs1. The van der Waals surface area contributed by atoms with Gasteiger partial charge in [0.05, 0.1) is 12.1 Å². The topological polar surface area (TPSA) is 45.2 Å². The van der Waals surface area contributed by atoms with Gasteiger partial charge in [-0.15, -0.1) is 11.3 Å². The Bertz CT molecular complexity index is 598. The molecule has 4 nitrogen and oxygen atoms in total. The van der Waals surface area contributed by atoms with E-state index < -0.39 is 0 Å². The molecule has 0 radical (unpaired) electrons. The number of nitrogens with zero attached hydrogens (tertiary/aromatic N) is 2. The zero-order valence-electron chi connectivity index (χ0n) is 11.4. The van der Waals surface area contributed by atoms with E-state index in [-0.39, 0.29) is 18.1 Å². The summed E-state index contributed by atoms with van der Waals surface area (Å²) < 4.78 is 13.0. The molecule has 0 aliphatic carbocycles. The van der Waals surface area contributed by atoms with Gasteiger partial charge < -0.3 is 10.2 Å². The fourth-order valence-electron chi connectivity index (χ4n) is 1.71. The molecule has 0 aliphatic heterocycles. The molecule has 1 aromatic carbocycles. The first kappa shape index (κ1) is 14.6. The highest BCUT2D eigenvalue weighted by molar-refractivity contribution is 7.09. The molecule has 1 heterocycles. The van der Waals surface area contributed by atoms with Crippen molar-refractivity contribution in [3.8, 4) is 0 Å². The number of anilines is 1. The van der Waals surface area contributed by atoms with E-state index in [4.69, 9.17) is 0 Å². The molecule has 0 bridgehead atoms. The molecule has 2 rings (SSSR count). The fourth-order valence-corrected chi connectivity index (χ4v) is 2.62. The second-order valence-electron chi connectivity index (χ2n) is 4.71. The zero-order valence-corrected chi connectivity index (χ0v) is 12.2. The quantitative estimate of drug-likeness (QED) is 0.921. The smallest absolute Gasteiger partial charge is 0.230 e. The number of halogens is 1. The maximum atomic E-state index is 13.0. The Morgan fingerprint density at radius 2 is 2.25 bits per heavy atom. The van der Waals surface area contributed by atoms with Gasteiger partial charge in [0.2, 0.25) is 5.91 Å². The van der Waals surface area contributed by atoms with Crippen LogP contribution in [-0.2, 0) is 17.8 Å². The fraction of sp³-hybridized carbons (Fsp3) is 0.286. The summed E-state index contributed by atoms with van der Waals surface area (Å²) in [4.78, 5) is 18.3. The lowest BCUT2D eigenvalue weighted by molar-refractivity contribution is -0.115. The van der Waals surface area contributed by atoms with Gasteiger partial charge in [-0.25, -0.2) is 9.37 Å². The van der Waals surface area contributed by atoms with Crippen LogP contribution in [0.25, 0.3) is 0 Å². The second kappa shape index (κ2) is 6.58. The van der Waals surface area contributed by atoms with Gasteiger partial charge in [0.1, 0.15) is 10.8 Å². The largest absolute Gasteiger partial charge is 0.326 e. The van der Waals surface area contributed by atoms with Crippen LogP contribution >= 0.6 is 11.3 Å². The van der Waals surface area contributed by atoms with Gasteiger partial charge in [-0.3, -0.25) is 4.79 Å². The molecule has 1 N–H and O–H groups in total. The van der Waals surface area contributed by atoms with Crippen LogP contribution in [0.3, 0.4) is 0 Å². The van der Waals surface area contributed by atoms with Gasteiger partial charge in [0, 0.05) is 17.6 Å². The monoisotopic (exact) mass is 293 g/mol. The minimum Gasteiger partial charge on any atom is -0.326 e.